The fourth-order valence-corrected chi connectivity index (χ4v) is 2.63. The molecule has 0 saturated carbocycles. The molecular weight excluding hydrogens is 352 g/mol. The van der Waals surface area contributed by atoms with Crippen molar-refractivity contribution in [2.24, 2.45) is 12.8 Å². The van der Waals surface area contributed by atoms with Crippen LogP contribution in [0.25, 0.3) is 10.9 Å². The average molecular weight is 369 g/mol. The minimum absolute atomic E-state index is 0.0719. The lowest BCUT2D eigenvalue weighted by Gasteiger charge is -2.17. The number of benzene rings is 1. The smallest absolute Gasteiger partial charge is 0.320 e. The number of aliphatic carboxylic acids is 1. The number of carboxylic acids is 1. The second-order valence-corrected chi connectivity index (χ2v) is 5.87. The van der Waals surface area contributed by atoms with Crippen LogP contribution < -0.4 is 10.6 Å². The Labute approximate surface area is 135 Å². The summed E-state index contributed by atoms with van der Waals surface area (Å²) in [5.74, 6) is -0.355. The molecular formula is C14H17BrN4O3. The second-order valence-electron chi connectivity index (χ2n) is 4.95. The van der Waals surface area contributed by atoms with Gasteiger partial charge in [0.25, 0.3) is 0 Å². The molecule has 0 unspecified atom stereocenters. The number of carboxylic acid groups (broad SMARTS) is 1. The number of carbonyl (C=O) groups is 2. The number of carbonyl (C=O) groups excluding carboxylic acids is 1. The van der Waals surface area contributed by atoms with Crippen LogP contribution in [0.2, 0.25) is 0 Å². The van der Waals surface area contributed by atoms with Crippen LogP contribution in [0, 0.1) is 0 Å². The van der Waals surface area contributed by atoms with E-state index in [-0.39, 0.29) is 6.42 Å². The van der Waals surface area contributed by atoms with Crippen LogP contribution in [-0.4, -0.2) is 33.4 Å². The molecule has 2 amide bonds. The highest BCUT2D eigenvalue weighted by atomic mass is 79.9. The molecule has 2 aromatic rings. The van der Waals surface area contributed by atoms with Crippen molar-refractivity contribution in [1.82, 2.24) is 9.78 Å². The van der Waals surface area contributed by atoms with Crippen LogP contribution in [0.1, 0.15) is 19.3 Å². The van der Waals surface area contributed by atoms with Crippen molar-refractivity contribution in [2.45, 2.75) is 19.3 Å². The summed E-state index contributed by atoms with van der Waals surface area (Å²) in [6.45, 7) is 0.338. The second kappa shape index (κ2) is 6.78. The van der Waals surface area contributed by atoms with Crippen molar-refractivity contribution in [3.63, 3.8) is 0 Å². The number of unbranched alkanes of at least 4 members (excludes halogenated alkanes) is 1. The molecule has 1 aromatic carbocycles. The zero-order chi connectivity index (χ0) is 16.3. The van der Waals surface area contributed by atoms with Crippen molar-refractivity contribution in [3.05, 3.63) is 22.7 Å². The maximum absolute atomic E-state index is 11.7. The van der Waals surface area contributed by atoms with E-state index in [4.69, 9.17) is 10.8 Å². The van der Waals surface area contributed by atoms with Crippen molar-refractivity contribution < 1.29 is 14.7 Å². The average Bonchev–Trinajstić information content (AvgIpc) is 2.74. The number of hydrogen-bond acceptors (Lipinski definition) is 3. The third-order valence-electron chi connectivity index (χ3n) is 3.34. The highest BCUT2D eigenvalue weighted by Crippen LogP contribution is 2.28. The van der Waals surface area contributed by atoms with Gasteiger partial charge in [-0.15, -0.1) is 0 Å². The molecule has 0 saturated heterocycles. The quantitative estimate of drug-likeness (QED) is 0.764. The number of nitrogens with two attached hydrogens (primary N) is 1. The third kappa shape index (κ3) is 3.56. The predicted molar refractivity (Wildman–Crippen MR) is 86.8 cm³/mol. The summed E-state index contributed by atoms with van der Waals surface area (Å²) in [7, 11) is 1.79. The first kappa shape index (κ1) is 16.3. The highest BCUT2D eigenvalue weighted by Gasteiger charge is 2.19. The molecule has 0 radical (unpaired) electrons. The number of primary amides is 1. The predicted octanol–water partition coefficient (Wildman–Crippen LogP) is 2.48. The largest absolute Gasteiger partial charge is 0.481 e. The number of urea groups is 1. The van der Waals surface area contributed by atoms with Gasteiger partial charge < -0.3 is 10.8 Å². The molecule has 8 heteroatoms. The van der Waals surface area contributed by atoms with E-state index in [0.717, 1.165) is 15.4 Å². The van der Waals surface area contributed by atoms with Crippen LogP contribution in [0.5, 0.6) is 0 Å². The molecule has 1 aromatic heterocycles. The van der Waals surface area contributed by atoms with Crippen LogP contribution >= 0.6 is 15.9 Å². The van der Waals surface area contributed by atoms with Crippen LogP contribution in [0.15, 0.2) is 22.7 Å². The van der Waals surface area contributed by atoms with Gasteiger partial charge >= 0.3 is 12.0 Å². The first-order chi connectivity index (χ1) is 10.4. The topological polar surface area (TPSA) is 101 Å². The molecule has 0 aliphatic carbocycles. The van der Waals surface area contributed by atoms with Gasteiger partial charge in [0.15, 0.2) is 5.82 Å². The minimum atomic E-state index is -0.848. The SMILES string of the molecule is Cn1nc(N(CCCCC(=O)O)C(N)=O)c2ccc(Br)cc21. The summed E-state index contributed by atoms with van der Waals surface area (Å²) in [5, 5.41) is 13.8. The Kier molecular flexibility index (Phi) is 5.02. The monoisotopic (exact) mass is 368 g/mol. The van der Waals surface area contributed by atoms with Gasteiger partial charge in [-0.1, -0.05) is 15.9 Å². The highest BCUT2D eigenvalue weighted by molar-refractivity contribution is 9.10. The van der Waals surface area contributed by atoms with Gasteiger partial charge in [-0.2, -0.15) is 5.10 Å². The van der Waals surface area contributed by atoms with Crippen LogP contribution in [0.3, 0.4) is 0 Å². The molecule has 2 rings (SSSR count). The maximum atomic E-state index is 11.7. The number of rotatable bonds is 6. The Balaban J connectivity index is 2.25. The van der Waals surface area contributed by atoms with Crippen molar-refractivity contribution in [2.75, 3.05) is 11.4 Å². The van der Waals surface area contributed by atoms with Crippen LogP contribution in [0.4, 0.5) is 10.6 Å². The number of hydrogen-bond donors (Lipinski definition) is 2. The lowest BCUT2D eigenvalue weighted by molar-refractivity contribution is -0.137. The normalized spacial score (nSPS) is 10.8. The number of fused-ring (bicyclic) bond motifs is 1. The Morgan fingerprint density at radius 1 is 1.41 bits per heavy atom. The third-order valence-corrected chi connectivity index (χ3v) is 3.83. The first-order valence-electron chi connectivity index (χ1n) is 6.81. The zero-order valence-corrected chi connectivity index (χ0v) is 13.7. The zero-order valence-electron chi connectivity index (χ0n) is 12.1. The van der Waals surface area contributed by atoms with E-state index in [1.165, 1.54) is 4.90 Å². The van der Waals surface area contributed by atoms with Gasteiger partial charge in [0, 0.05) is 29.9 Å². The number of nitrogens with zero attached hydrogens (tertiary/aromatic N) is 3. The fourth-order valence-electron chi connectivity index (χ4n) is 2.28. The van der Waals surface area contributed by atoms with E-state index in [0.29, 0.717) is 25.2 Å². The number of anilines is 1. The number of aryl methyl sites for hydroxylation is 1. The summed E-state index contributed by atoms with van der Waals surface area (Å²) in [6, 6.07) is 5.06. The summed E-state index contributed by atoms with van der Waals surface area (Å²) in [5.41, 5.74) is 6.33. The number of aromatic nitrogens is 2. The van der Waals surface area contributed by atoms with E-state index in [1.807, 2.05) is 18.2 Å². The minimum Gasteiger partial charge on any atom is -0.481 e. The van der Waals surface area contributed by atoms with E-state index < -0.39 is 12.0 Å². The molecule has 0 fully saturated rings. The van der Waals surface area contributed by atoms with E-state index in [1.54, 1.807) is 11.7 Å². The molecule has 3 N–H and O–H groups in total. The standard InChI is InChI=1S/C14H17BrN4O3/c1-18-11-8-9(15)5-6-10(11)13(17-18)19(14(16)22)7-3-2-4-12(20)21/h5-6,8H,2-4,7H2,1H3,(H2,16,22)(H,20,21). The Morgan fingerprint density at radius 3 is 2.77 bits per heavy atom. The lowest BCUT2D eigenvalue weighted by atomic mass is 10.2. The van der Waals surface area contributed by atoms with Crippen LogP contribution in [-0.2, 0) is 11.8 Å². The van der Waals surface area contributed by atoms with Gasteiger partial charge in [0.05, 0.1) is 5.52 Å². The molecule has 0 aliphatic rings. The molecule has 7 nitrogen and oxygen atoms in total. The molecule has 0 atom stereocenters. The maximum Gasteiger partial charge on any atom is 0.320 e. The summed E-state index contributed by atoms with van der Waals surface area (Å²) >= 11 is 3.40. The van der Waals surface area contributed by atoms with Gasteiger partial charge in [0.2, 0.25) is 0 Å². The molecule has 22 heavy (non-hydrogen) atoms. The summed E-state index contributed by atoms with van der Waals surface area (Å²) in [4.78, 5) is 23.6. The lowest BCUT2D eigenvalue weighted by Crippen LogP contribution is -2.37. The number of halogens is 1. The van der Waals surface area contributed by atoms with Crippen molar-refractivity contribution >= 4 is 44.7 Å². The van der Waals surface area contributed by atoms with Gasteiger partial charge in [-0.3, -0.25) is 14.4 Å². The first-order valence-corrected chi connectivity index (χ1v) is 7.60. The Hall–Kier alpha value is -2.09. The van der Waals surface area contributed by atoms with E-state index >= 15 is 0 Å². The van der Waals surface area contributed by atoms with Gasteiger partial charge in [-0.25, -0.2) is 4.79 Å². The molecule has 1 heterocycles. The molecule has 0 spiro atoms. The summed E-state index contributed by atoms with van der Waals surface area (Å²) < 4.78 is 2.60. The molecule has 0 bridgehead atoms. The van der Waals surface area contributed by atoms with Gasteiger partial charge in [0.1, 0.15) is 0 Å². The summed E-state index contributed by atoms with van der Waals surface area (Å²) in [6.07, 6.45) is 1.10. The number of amides is 2. The van der Waals surface area contributed by atoms with E-state index in [2.05, 4.69) is 21.0 Å². The van der Waals surface area contributed by atoms with Crippen molar-refractivity contribution in [1.29, 1.82) is 0 Å². The molecule has 118 valence electrons. The Morgan fingerprint density at radius 2 is 2.14 bits per heavy atom. The molecule has 0 aliphatic heterocycles. The van der Waals surface area contributed by atoms with Gasteiger partial charge in [-0.05, 0) is 31.0 Å². The van der Waals surface area contributed by atoms with Crippen molar-refractivity contribution in [3.8, 4) is 0 Å². The van der Waals surface area contributed by atoms with E-state index in [9.17, 15) is 9.59 Å². The fraction of sp³-hybridized carbons (Fsp3) is 0.357. The Bertz CT molecular complexity index is 713.